The van der Waals surface area contributed by atoms with E-state index in [-0.39, 0.29) is 11.9 Å². The van der Waals surface area contributed by atoms with Gasteiger partial charge in [-0.25, -0.2) is 0 Å². The maximum Gasteiger partial charge on any atom is 0.247 e. The number of benzene rings is 2. The summed E-state index contributed by atoms with van der Waals surface area (Å²) in [7, 11) is 0. The van der Waals surface area contributed by atoms with Gasteiger partial charge in [-0.2, -0.15) is 0 Å². The summed E-state index contributed by atoms with van der Waals surface area (Å²) in [5, 5.41) is 5.05. The third-order valence-electron chi connectivity index (χ3n) is 3.78. The van der Waals surface area contributed by atoms with Gasteiger partial charge >= 0.3 is 0 Å². The zero-order chi connectivity index (χ0) is 13.9. The molecule has 0 unspecified atom stereocenters. The van der Waals surface area contributed by atoms with Gasteiger partial charge in [0.15, 0.2) is 0 Å². The SMILES string of the molecule is O=CN1CCC[C@H]1C(=O)Nc1cccc2ccccc12. The third kappa shape index (κ3) is 2.25. The van der Waals surface area contributed by atoms with Gasteiger partial charge in [0, 0.05) is 17.6 Å². The average molecular weight is 268 g/mol. The molecule has 3 rings (SSSR count). The highest BCUT2D eigenvalue weighted by atomic mass is 16.2. The number of amides is 2. The number of nitrogens with zero attached hydrogens (tertiary/aromatic N) is 1. The van der Waals surface area contributed by atoms with Crippen LogP contribution in [-0.4, -0.2) is 29.8 Å². The Morgan fingerprint density at radius 2 is 2.00 bits per heavy atom. The molecule has 1 aliphatic heterocycles. The average Bonchev–Trinajstić information content (AvgIpc) is 2.96. The predicted octanol–water partition coefficient (Wildman–Crippen LogP) is 2.40. The van der Waals surface area contributed by atoms with Crippen molar-refractivity contribution in [3.05, 3.63) is 42.5 Å². The molecule has 4 nitrogen and oxygen atoms in total. The zero-order valence-electron chi connectivity index (χ0n) is 11.1. The van der Waals surface area contributed by atoms with E-state index in [1.54, 1.807) is 4.90 Å². The van der Waals surface area contributed by atoms with Crippen molar-refractivity contribution in [2.24, 2.45) is 0 Å². The number of nitrogens with one attached hydrogen (secondary N) is 1. The van der Waals surface area contributed by atoms with Crippen molar-refractivity contribution in [1.82, 2.24) is 4.90 Å². The Kier molecular flexibility index (Phi) is 3.37. The van der Waals surface area contributed by atoms with Crippen molar-refractivity contribution in [3.8, 4) is 0 Å². The number of hydrogen-bond acceptors (Lipinski definition) is 2. The number of likely N-dealkylation sites (tertiary alicyclic amines) is 1. The fourth-order valence-electron chi connectivity index (χ4n) is 2.75. The highest BCUT2D eigenvalue weighted by molar-refractivity contribution is 6.04. The molecule has 1 atom stereocenters. The first-order chi connectivity index (χ1) is 9.79. The Morgan fingerprint density at radius 3 is 2.85 bits per heavy atom. The van der Waals surface area contributed by atoms with Crippen molar-refractivity contribution < 1.29 is 9.59 Å². The van der Waals surface area contributed by atoms with Crippen LogP contribution in [0.2, 0.25) is 0 Å². The Balaban J connectivity index is 1.86. The van der Waals surface area contributed by atoms with Gasteiger partial charge in [0.25, 0.3) is 0 Å². The summed E-state index contributed by atoms with van der Waals surface area (Å²) in [6.07, 6.45) is 2.38. The molecule has 20 heavy (non-hydrogen) atoms. The molecule has 1 fully saturated rings. The van der Waals surface area contributed by atoms with Crippen LogP contribution in [0, 0.1) is 0 Å². The van der Waals surface area contributed by atoms with Gasteiger partial charge in [0.1, 0.15) is 6.04 Å². The van der Waals surface area contributed by atoms with Crippen LogP contribution < -0.4 is 5.32 Å². The molecule has 0 aromatic heterocycles. The molecule has 0 spiro atoms. The Labute approximate surface area is 117 Å². The predicted molar refractivity (Wildman–Crippen MR) is 78.4 cm³/mol. The van der Waals surface area contributed by atoms with Crippen LogP contribution in [0.25, 0.3) is 10.8 Å². The molecular weight excluding hydrogens is 252 g/mol. The Hall–Kier alpha value is -2.36. The van der Waals surface area contributed by atoms with Crippen LogP contribution >= 0.6 is 0 Å². The molecule has 2 aromatic rings. The number of anilines is 1. The minimum absolute atomic E-state index is 0.106. The minimum Gasteiger partial charge on any atom is -0.333 e. The van der Waals surface area contributed by atoms with Crippen LogP contribution in [-0.2, 0) is 9.59 Å². The van der Waals surface area contributed by atoms with E-state index in [9.17, 15) is 9.59 Å². The van der Waals surface area contributed by atoms with E-state index in [2.05, 4.69) is 5.32 Å². The molecule has 2 amide bonds. The summed E-state index contributed by atoms with van der Waals surface area (Å²) in [5.74, 6) is -0.106. The van der Waals surface area contributed by atoms with Gasteiger partial charge in [-0.1, -0.05) is 36.4 Å². The molecule has 1 aliphatic rings. The molecule has 0 radical (unpaired) electrons. The fourth-order valence-corrected chi connectivity index (χ4v) is 2.75. The molecule has 0 bridgehead atoms. The maximum absolute atomic E-state index is 12.3. The van der Waals surface area contributed by atoms with E-state index in [1.165, 1.54) is 0 Å². The van der Waals surface area contributed by atoms with E-state index < -0.39 is 0 Å². The highest BCUT2D eigenvalue weighted by Gasteiger charge is 2.29. The number of hydrogen-bond donors (Lipinski definition) is 1. The first-order valence-corrected chi connectivity index (χ1v) is 6.79. The van der Waals surface area contributed by atoms with Gasteiger partial charge in [0.05, 0.1) is 0 Å². The molecule has 0 saturated carbocycles. The van der Waals surface area contributed by atoms with E-state index in [4.69, 9.17) is 0 Å². The molecule has 2 aromatic carbocycles. The number of carbonyl (C=O) groups is 2. The largest absolute Gasteiger partial charge is 0.333 e. The van der Waals surface area contributed by atoms with Gasteiger partial charge in [-0.3, -0.25) is 9.59 Å². The van der Waals surface area contributed by atoms with Crippen molar-refractivity contribution in [2.75, 3.05) is 11.9 Å². The van der Waals surface area contributed by atoms with Crippen LogP contribution in [0.5, 0.6) is 0 Å². The van der Waals surface area contributed by atoms with Gasteiger partial charge in [-0.15, -0.1) is 0 Å². The number of carbonyl (C=O) groups excluding carboxylic acids is 2. The van der Waals surface area contributed by atoms with E-state index in [1.807, 2.05) is 42.5 Å². The molecule has 4 heteroatoms. The van der Waals surface area contributed by atoms with Crippen molar-refractivity contribution >= 4 is 28.8 Å². The second kappa shape index (κ2) is 5.33. The summed E-state index contributed by atoms with van der Waals surface area (Å²) in [6.45, 7) is 0.664. The van der Waals surface area contributed by atoms with Crippen molar-refractivity contribution in [3.63, 3.8) is 0 Å². The smallest absolute Gasteiger partial charge is 0.247 e. The molecule has 1 heterocycles. The van der Waals surface area contributed by atoms with E-state index in [0.717, 1.165) is 35.7 Å². The molecule has 0 aliphatic carbocycles. The van der Waals surface area contributed by atoms with Gasteiger partial charge in [0.2, 0.25) is 12.3 Å². The first kappa shape index (κ1) is 12.7. The summed E-state index contributed by atoms with van der Waals surface area (Å²) in [5.41, 5.74) is 0.797. The van der Waals surface area contributed by atoms with Gasteiger partial charge < -0.3 is 10.2 Å². The minimum atomic E-state index is -0.341. The number of rotatable bonds is 3. The van der Waals surface area contributed by atoms with Crippen LogP contribution in [0.1, 0.15) is 12.8 Å². The zero-order valence-corrected chi connectivity index (χ0v) is 11.1. The van der Waals surface area contributed by atoms with Gasteiger partial charge in [-0.05, 0) is 24.3 Å². The summed E-state index contributed by atoms with van der Waals surface area (Å²) in [6, 6.07) is 13.4. The normalized spacial score (nSPS) is 18.2. The van der Waals surface area contributed by atoms with Crippen molar-refractivity contribution in [2.45, 2.75) is 18.9 Å². The molecular formula is C16H16N2O2. The summed E-state index contributed by atoms with van der Waals surface area (Å²) < 4.78 is 0. The van der Waals surface area contributed by atoms with E-state index >= 15 is 0 Å². The second-order valence-corrected chi connectivity index (χ2v) is 5.02. The molecule has 1 N–H and O–H groups in total. The topological polar surface area (TPSA) is 49.4 Å². The standard InChI is InChI=1S/C16H16N2O2/c19-11-18-10-4-9-15(18)16(20)17-14-8-3-6-12-5-1-2-7-13(12)14/h1-3,5-8,11,15H,4,9-10H2,(H,17,20)/t15-/m0/s1. The lowest BCUT2D eigenvalue weighted by atomic mass is 10.1. The first-order valence-electron chi connectivity index (χ1n) is 6.79. The number of fused-ring (bicyclic) bond motifs is 1. The summed E-state index contributed by atoms with van der Waals surface area (Å²) >= 11 is 0. The maximum atomic E-state index is 12.3. The van der Waals surface area contributed by atoms with E-state index in [0.29, 0.717) is 6.54 Å². The lowest BCUT2D eigenvalue weighted by Gasteiger charge is -2.19. The quantitative estimate of drug-likeness (QED) is 0.869. The highest BCUT2D eigenvalue weighted by Crippen LogP contribution is 2.24. The Morgan fingerprint density at radius 1 is 1.20 bits per heavy atom. The lowest BCUT2D eigenvalue weighted by Crippen LogP contribution is -2.38. The third-order valence-corrected chi connectivity index (χ3v) is 3.78. The van der Waals surface area contributed by atoms with Crippen LogP contribution in [0.4, 0.5) is 5.69 Å². The summed E-state index contributed by atoms with van der Waals surface area (Å²) in [4.78, 5) is 24.8. The van der Waals surface area contributed by atoms with Crippen LogP contribution in [0.15, 0.2) is 42.5 Å². The Bertz CT molecular complexity index is 648. The second-order valence-electron chi connectivity index (χ2n) is 5.02. The van der Waals surface area contributed by atoms with Crippen LogP contribution in [0.3, 0.4) is 0 Å². The molecule has 1 saturated heterocycles. The van der Waals surface area contributed by atoms with Crippen molar-refractivity contribution in [1.29, 1.82) is 0 Å². The fraction of sp³-hybridized carbons (Fsp3) is 0.250. The lowest BCUT2D eigenvalue weighted by molar-refractivity contribution is -0.127. The monoisotopic (exact) mass is 268 g/mol. The molecule has 102 valence electrons.